The van der Waals surface area contributed by atoms with Gasteiger partial charge in [-0.1, -0.05) is 73.4 Å². The minimum atomic E-state index is -1.88. The molecular weight excluding hydrogens is 613 g/mol. The molecule has 9 aromatic rings. The number of rotatable bonds is 3. The predicted molar refractivity (Wildman–Crippen MR) is 196 cm³/mol. The molecule has 5 heterocycles. The van der Waals surface area contributed by atoms with Crippen molar-refractivity contribution in [3.63, 3.8) is 0 Å². The molecule has 7 heteroatoms. The molecule has 0 saturated carbocycles. The van der Waals surface area contributed by atoms with Crippen LogP contribution in [0.3, 0.4) is 0 Å². The smallest absolute Gasteiger partial charge is 0.145 e. The lowest BCUT2D eigenvalue weighted by molar-refractivity contribution is 0.483. The number of ether oxygens (including phenoxy) is 1. The Labute approximate surface area is 276 Å². The van der Waals surface area contributed by atoms with Crippen molar-refractivity contribution in [2.24, 2.45) is 0 Å². The van der Waals surface area contributed by atoms with Crippen molar-refractivity contribution in [1.29, 1.82) is 0 Å². The molecule has 0 amide bonds. The summed E-state index contributed by atoms with van der Waals surface area (Å²) in [5.74, 6) is 1.54. The summed E-state index contributed by atoms with van der Waals surface area (Å²) in [5, 5.41) is 8.81. The quantitative estimate of drug-likeness (QED) is 0.143. The van der Waals surface area contributed by atoms with Gasteiger partial charge in [0.25, 0.3) is 0 Å². The first-order valence-corrected chi connectivity index (χ1v) is 19.6. The van der Waals surface area contributed by atoms with E-state index in [1.165, 1.54) is 30.9 Å². The number of benzene rings is 5. The van der Waals surface area contributed by atoms with Crippen LogP contribution in [-0.2, 0) is 0 Å². The lowest BCUT2D eigenvalue weighted by Crippen LogP contribution is -2.56. The van der Waals surface area contributed by atoms with Gasteiger partial charge in [-0.25, -0.2) is 9.97 Å². The standard InChI is InChI=1S/C40H28N4OSSi/c1-47(2)37-15-6-5-14-35(37)46-36-24-34-31(23-38(36)47)30-12-8-18-41-40(30)44(34)25-9-7-10-26(21-25)45-27-16-17-28-29-11-3-4-13-33(29)43-20-19-42-39(43)32(28)22-27/h3-24H,1-2H3. The third kappa shape index (κ3) is 3.90. The van der Waals surface area contributed by atoms with E-state index in [9.17, 15) is 0 Å². The number of hydrogen-bond donors (Lipinski definition) is 0. The Bertz CT molecular complexity index is 2740. The Morgan fingerprint density at radius 2 is 1.40 bits per heavy atom. The van der Waals surface area contributed by atoms with Crippen LogP contribution in [0.15, 0.2) is 144 Å². The van der Waals surface area contributed by atoms with Crippen LogP contribution in [0.2, 0.25) is 13.1 Å². The summed E-state index contributed by atoms with van der Waals surface area (Å²) in [6.07, 6.45) is 5.76. The monoisotopic (exact) mass is 640 g/mol. The SMILES string of the molecule is C[Si]1(C)c2ccccc2Sc2cc3c(cc21)c1cccnc1n3-c1cccc(Oc2ccc3c4ccccc4n4ccnc4c3c2)c1. The molecule has 224 valence electrons. The zero-order valence-electron chi connectivity index (χ0n) is 25.8. The van der Waals surface area contributed by atoms with Crippen molar-refractivity contribution in [3.05, 3.63) is 134 Å². The van der Waals surface area contributed by atoms with Crippen LogP contribution in [0.5, 0.6) is 11.5 Å². The third-order valence-corrected chi connectivity index (χ3v) is 14.8. The highest BCUT2D eigenvalue weighted by atomic mass is 32.2. The van der Waals surface area contributed by atoms with Gasteiger partial charge in [0.2, 0.25) is 0 Å². The maximum Gasteiger partial charge on any atom is 0.145 e. The molecule has 0 bridgehead atoms. The van der Waals surface area contributed by atoms with E-state index in [2.05, 4.69) is 125 Å². The van der Waals surface area contributed by atoms with Crippen molar-refractivity contribution in [2.75, 3.05) is 0 Å². The summed E-state index contributed by atoms with van der Waals surface area (Å²) in [6.45, 7) is 4.95. The molecule has 0 aliphatic carbocycles. The Morgan fingerprint density at radius 1 is 0.574 bits per heavy atom. The molecule has 0 saturated heterocycles. The molecule has 1 aliphatic rings. The van der Waals surface area contributed by atoms with E-state index < -0.39 is 8.07 Å². The molecule has 5 aromatic carbocycles. The second-order valence-corrected chi connectivity index (χ2v) is 18.2. The molecule has 0 N–H and O–H groups in total. The van der Waals surface area contributed by atoms with E-state index in [1.54, 1.807) is 0 Å². The first kappa shape index (κ1) is 26.8. The van der Waals surface area contributed by atoms with Crippen molar-refractivity contribution in [3.8, 4) is 17.2 Å². The molecule has 47 heavy (non-hydrogen) atoms. The molecule has 10 rings (SSSR count). The minimum Gasteiger partial charge on any atom is -0.457 e. The van der Waals surface area contributed by atoms with Gasteiger partial charge >= 0.3 is 0 Å². The zero-order chi connectivity index (χ0) is 31.3. The van der Waals surface area contributed by atoms with Gasteiger partial charge in [-0.05, 0) is 76.4 Å². The summed E-state index contributed by atoms with van der Waals surface area (Å²) < 4.78 is 11.0. The van der Waals surface area contributed by atoms with Crippen LogP contribution in [0.1, 0.15) is 0 Å². The summed E-state index contributed by atoms with van der Waals surface area (Å²) in [4.78, 5) is 12.3. The van der Waals surface area contributed by atoms with Crippen LogP contribution < -0.4 is 15.1 Å². The van der Waals surface area contributed by atoms with E-state index in [0.29, 0.717) is 0 Å². The average Bonchev–Trinajstić information content (AvgIpc) is 3.72. The van der Waals surface area contributed by atoms with E-state index >= 15 is 0 Å². The minimum absolute atomic E-state index is 0.766. The van der Waals surface area contributed by atoms with Crippen LogP contribution in [0, 0.1) is 0 Å². The fraction of sp³-hybridized carbons (Fsp3) is 0.0500. The van der Waals surface area contributed by atoms with Crippen LogP contribution in [0.4, 0.5) is 0 Å². The summed E-state index contributed by atoms with van der Waals surface area (Å²) in [5.41, 5.74) is 5.18. The van der Waals surface area contributed by atoms with Gasteiger partial charge in [0.1, 0.15) is 30.9 Å². The van der Waals surface area contributed by atoms with Crippen molar-refractivity contribution in [2.45, 2.75) is 22.9 Å². The number of nitrogens with zero attached hydrogens (tertiary/aromatic N) is 4. The highest BCUT2D eigenvalue weighted by Gasteiger charge is 2.36. The van der Waals surface area contributed by atoms with Gasteiger partial charge < -0.3 is 4.74 Å². The maximum atomic E-state index is 6.57. The molecule has 1 aliphatic heterocycles. The van der Waals surface area contributed by atoms with Crippen molar-refractivity contribution in [1.82, 2.24) is 18.9 Å². The van der Waals surface area contributed by atoms with E-state index in [1.807, 2.05) is 42.5 Å². The van der Waals surface area contributed by atoms with E-state index in [4.69, 9.17) is 14.7 Å². The van der Waals surface area contributed by atoms with Crippen LogP contribution in [0.25, 0.3) is 54.9 Å². The van der Waals surface area contributed by atoms with Gasteiger partial charge in [-0.2, -0.15) is 0 Å². The molecule has 0 atom stereocenters. The van der Waals surface area contributed by atoms with Gasteiger partial charge in [-0.15, -0.1) is 0 Å². The van der Waals surface area contributed by atoms with Crippen LogP contribution in [-0.4, -0.2) is 27.0 Å². The number of para-hydroxylation sites is 1. The molecule has 0 fully saturated rings. The zero-order valence-corrected chi connectivity index (χ0v) is 27.6. The largest absolute Gasteiger partial charge is 0.457 e. The fourth-order valence-electron chi connectivity index (χ4n) is 7.48. The number of fused-ring (bicyclic) bond motifs is 11. The second-order valence-electron chi connectivity index (χ2n) is 12.7. The lowest BCUT2D eigenvalue weighted by Gasteiger charge is -2.33. The lowest BCUT2D eigenvalue weighted by atomic mass is 10.1. The number of hydrogen-bond acceptors (Lipinski definition) is 4. The molecule has 5 nitrogen and oxygen atoms in total. The Balaban J connectivity index is 1.11. The highest BCUT2D eigenvalue weighted by molar-refractivity contribution is 8.00. The van der Waals surface area contributed by atoms with E-state index in [-0.39, 0.29) is 0 Å². The molecule has 4 aromatic heterocycles. The Kier molecular flexibility index (Phi) is 5.60. The van der Waals surface area contributed by atoms with Gasteiger partial charge in [0, 0.05) is 56.0 Å². The molecule has 0 radical (unpaired) electrons. The first-order valence-electron chi connectivity index (χ1n) is 15.8. The second kappa shape index (κ2) is 9.81. The van der Waals surface area contributed by atoms with Crippen molar-refractivity contribution < 1.29 is 4.74 Å². The Hall–Kier alpha value is -5.37. The summed E-state index contributed by atoms with van der Waals surface area (Å²) in [6, 6.07) is 41.1. The Morgan fingerprint density at radius 3 is 2.36 bits per heavy atom. The number of pyridine rings is 2. The predicted octanol–water partition coefficient (Wildman–Crippen LogP) is 9.21. The fourth-order valence-corrected chi connectivity index (χ4v) is 12.9. The van der Waals surface area contributed by atoms with Crippen molar-refractivity contribution >= 4 is 79.5 Å². The number of aromatic nitrogens is 4. The van der Waals surface area contributed by atoms with Gasteiger partial charge in [-0.3, -0.25) is 8.97 Å². The van der Waals surface area contributed by atoms with Crippen LogP contribution >= 0.6 is 11.8 Å². The molecule has 0 spiro atoms. The topological polar surface area (TPSA) is 44.4 Å². The molecular formula is C40H28N4OSSi. The maximum absolute atomic E-state index is 6.57. The number of imidazole rings is 1. The van der Waals surface area contributed by atoms with Gasteiger partial charge in [0.15, 0.2) is 0 Å². The van der Waals surface area contributed by atoms with E-state index in [0.717, 1.165) is 55.7 Å². The normalized spacial score (nSPS) is 13.8. The first-order chi connectivity index (χ1) is 23.0. The molecule has 0 unspecified atom stereocenters. The summed E-state index contributed by atoms with van der Waals surface area (Å²) >= 11 is 1.89. The summed E-state index contributed by atoms with van der Waals surface area (Å²) in [7, 11) is -1.88. The highest BCUT2D eigenvalue weighted by Crippen LogP contribution is 2.39. The van der Waals surface area contributed by atoms with Gasteiger partial charge in [0.05, 0.1) is 16.7 Å². The average molecular weight is 641 g/mol. The third-order valence-electron chi connectivity index (χ3n) is 9.72.